The highest BCUT2D eigenvalue weighted by Gasteiger charge is 2.27. The van der Waals surface area contributed by atoms with Crippen molar-refractivity contribution in [2.45, 2.75) is 20.3 Å². The number of likely N-dealkylation sites (tertiary alicyclic amines) is 1. The zero-order chi connectivity index (χ0) is 13.4. The van der Waals surface area contributed by atoms with Gasteiger partial charge in [0, 0.05) is 25.1 Å². The SMILES string of the molecule is CC1CN(CC(=O)c2ccc3c(c2)CCO3)CC1C. The second-order valence-electron chi connectivity index (χ2n) is 5.99. The van der Waals surface area contributed by atoms with Gasteiger partial charge in [-0.15, -0.1) is 0 Å². The number of fused-ring (bicyclic) bond motifs is 1. The molecule has 1 aromatic rings. The van der Waals surface area contributed by atoms with E-state index in [-0.39, 0.29) is 5.78 Å². The van der Waals surface area contributed by atoms with Crippen molar-refractivity contribution in [3.05, 3.63) is 29.3 Å². The van der Waals surface area contributed by atoms with Gasteiger partial charge in [-0.3, -0.25) is 9.69 Å². The number of rotatable bonds is 3. The van der Waals surface area contributed by atoms with Crippen LogP contribution in [0.5, 0.6) is 5.75 Å². The molecule has 3 nitrogen and oxygen atoms in total. The second kappa shape index (κ2) is 4.97. The summed E-state index contributed by atoms with van der Waals surface area (Å²) in [4.78, 5) is 14.6. The molecule has 0 radical (unpaired) electrons. The van der Waals surface area contributed by atoms with Crippen molar-refractivity contribution in [2.24, 2.45) is 11.8 Å². The molecule has 2 unspecified atom stereocenters. The van der Waals surface area contributed by atoms with E-state index in [1.165, 1.54) is 5.56 Å². The number of Topliss-reactive ketones (excluding diaryl/α,β-unsaturated/α-hetero) is 1. The molecule has 0 amide bonds. The van der Waals surface area contributed by atoms with Gasteiger partial charge in [-0.2, -0.15) is 0 Å². The Balaban J connectivity index is 1.68. The number of ketones is 1. The van der Waals surface area contributed by atoms with Crippen molar-refractivity contribution < 1.29 is 9.53 Å². The Morgan fingerprint density at radius 2 is 2.05 bits per heavy atom. The maximum Gasteiger partial charge on any atom is 0.176 e. The van der Waals surface area contributed by atoms with Crippen LogP contribution in [0.2, 0.25) is 0 Å². The molecule has 3 rings (SSSR count). The minimum Gasteiger partial charge on any atom is -0.493 e. The van der Waals surface area contributed by atoms with E-state index < -0.39 is 0 Å². The predicted molar refractivity (Wildman–Crippen MR) is 74.7 cm³/mol. The standard InChI is InChI=1S/C16H21NO2/c1-11-8-17(9-12(11)2)10-15(18)13-3-4-16-14(7-13)5-6-19-16/h3-4,7,11-12H,5-6,8-10H2,1-2H3. The fourth-order valence-electron chi connectivity index (χ4n) is 3.03. The molecule has 0 aliphatic carbocycles. The lowest BCUT2D eigenvalue weighted by Crippen LogP contribution is -2.28. The number of benzene rings is 1. The van der Waals surface area contributed by atoms with Crippen molar-refractivity contribution in [3.8, 4) is 5.75 Å². The van der Waals surface area contributed by atoms with Crippen LogP contribution >= 0.6 is 0 Å². The lowest BCUT2D eigenvalue weighted by atomic mass is 10.0. The minimum atomic E-state index is 0.232. The topological polar surface area (TPSA) is 29.5 Å². The first kappa shape index (κ1) is 12.7. The molecule has 2 aliphatic heterocycles. The molecule has 19 heavy (non-hydrogen) atoms. The van der Waals surface area contributed by atoms with Crippen LogP contribution in [0.4, 0.5) is 0 Å². The third-order valence-electron chi connectivity index (χ3n) is 4.44. The molecule has 3 heteroatoms. The second-order valence-corrected chi connectivity index (χ2v) is 5.99. The highest BCUT2D eigenvalue weighted by atomic mass is 16.5. The maximum absolute atomic E-state index is 12.3. The average molecular weight is 259 g/mol. The van der Waals surface area contributed by atoms with E-state index in [1.54, 1.807) is 0 Å². The van der Waals surface area contributed by atoms with E-state index in [0.717, 1.165) is 37.4 Å². The molecular formula is C16H21NO2. The first-order valence-electron chi connectivity index (χ1n) is 7.15. The highest BCUT2D eigenvalue weighted by molar-refractivity contribution is 5.98. The van der Waals surface area contributed by atoms with Gasteiger partial charge in [-0.05, 0) is 35.6 Å². The van der Waals surface area contributed by atoms with Crippen LogP contribution in [0.25, 0.3) is 0 Å². The first-order valence-corrected chi connectivity index (χ1v) is 7.15. The zero-order valence-corrected chi connectivity index (χ0v) is 11.7. The van der Waals surface area contributed by atoms with Crippen LogP contribution in [0.1, 0.15) is 29.8 Å². The van der Waals surface area contributed by atoms with Gasteiger partial charge in [0.25, 0.3) is 0 Å². The van der Waals surface area contributed by atoms with E-state index >= 15 is 0 Å². The number of carbonyl (C=O) groups excluding carboxylic acids is 1. The normalized spacial score (nSPS) is 26.2. The van der Waals surface area contributed by atoms with E-state index in [2.05, 4.69) is 18.7 Å². The van der Waals surface area contributed by atoms with Crippen molar-refractivity contribution in [1.29, 1.82) is 0 Å². The molecule has 0 saturated carbocycles. The molecule has 1 fully saturated rings. The van der Waals surface area contributed by atoms with E-state index in [1.807, 2.05) is 18.2 Å². The van der Waals surface area contributed by atoms with Crippen molar-refractivity contribution in [3.63, 3.8) is 0 Å². The molecule has 0 spiro atoms. The minimum absolute atomic E-state index is 0.232. The quantitative estimate of drug-likeness (QED) is 0.781. The highest BCUT2D eigenvalue weighted by Crippen LogP contribution is 2.27. The zero-order valence-electron chi connectivity index (χ0n) is 11.7. The van der Waals surface area contributed by atoms with Crippen LogP contribution in [-0.4, -0.2) is 36.9 Å². The summed E-state index contributed by atoms with van der Waals surface area (Å²) in [5.41, 5.74) is 2.01. The lowest BCUT2D eigenvalue weighted by molar-refractivity contribution is 0.0942. The molecular weight excluding hydrogens is 238 g/mol. The van der Waals surface area contributed by atoms with Crippen LogP contribution < -0.4 is 4.74 Å². The fourth-order valence-corrected chi connectivity index (χ4v) is 3.03. The third kappa shape index (κ3) is 2.52. The van der Waals surface area contributed by atoms with Crippen molar-refractivity contribution in [1.82, 2.24) is 4.90 Å². The molecule has 2 aliphatic rings. The number of hydrogen-bond acceptors (Lipinski definition) is 3. The molecule has 102 valence electrons. The smallest absolute Gasteiger partial charge is 0.176 e. The molecule has 2 heterocycles. The van der Waals surface area contributed by atoms with Gasteiger partial charge >= 0.3 is 0 Å². The molecule has 0 aromatic heterocycles. The van der Waals surface area contributed by atoms with E-state index in [9.17, 15) is 4.79 Å². The molecule has 1 saturated heterocycles. The summed E-state index contributed by atoms with van der Waals surface area (Å²) in [5, 5.41) is 0. The van der Waals surface area contributed by atoms with Gasteiger partial charge in [0.1, 0.15) is 5.75 Å². The Labute approximate surface area is 114 Å². The predicted octanol–water partition coefficient (Wildman–Crippen LogP) is 2.39. The molecule has 0 N–H and O–H groups in total. The van der Waals surface area contributed by atoms with Crippen LogP contribution in [0.15, 0.2) is 18.2 Å². The Bertz CT molecular complexity index is 488. The summed E-state index contributed by atoms with van der Waals surface area (Å²) in [6.45, 7) is 7.91. The summed E-state index contributed by atoms with van der Waals surface area (Å²) in [6.07, 6.45) is 0.925. The molecule has 2 atom stereocenters. The number of ether oxygens (including phenoxy) is 1. The van der Waals surface area contributed by atoms with Gasteiger partial charge in [-0.1, -0.05) is 13.8 Å². The third-order valence-corrected chi connectivity index (χ3v) is 4.44. The largest absolute Gasteiger partial charge is 0.493 e. The number of nitrogens with zero attached hydrogens (tertiary/aromatic N) is 1. The van der Waals surface area contributed by atoms with Crippen LogP contribution in [0, 0.1) is 11.8 Å². The summed E-state index contributed by atoms with van der Waals surface area (Å²) < 4.78 is 5.47. The fraction of sp³-hybridized carbons (Fsp3) is 0.562. The molecule has 0 bridgehead atoms. The Kier molecular flexibility index (Phi) is 3.31. The lowest BCUT2D eigenvalue weighted by Gasteiger charge is -2.14. The average Bonchev–Trinajstić information content (AvgIpc) is 2.96. The number of hydrogen-bond donors (Lipinski definition) is 0. The van der Waals surface area contributed by atoms with Gasteiger partial charge in [0.15, 0.2) is 5.78 Å². The van der Waals surface area contributed by atoms with Gasteiger partial charge in [0.05, 0.1) is 13.2 Å². The molecule has 1 aromatic carbocycles. The maximum atomic E-state index is 12.3. The van der Waals surface area contributed by atoms with E-state index in [0.29, 0.717) is 18.4 Å². The summed E-state index contributed by atoms with van der Waals surface area (Å²) in [5.74, 6) is 2.57. The number of carbonyl (C=O) groups is 1. The Morgan fingerprint density at radius 3 is 2.79 bits per heavy atom. The first-order chi connectivity index (χ1) is 9.13. The van der Waals surface area contributed by atoms with Crippen molar-refractivity contribution >= 4 is 5.78 Å². The monoisotopic (exact) mass is 259 g/mol. The summed E-state index contributed by atoms with van der Waals surface area (Å²) in [7, 11) is 0. The van der Waals surface area contributed by atoms with E-state index in [4.69, 9.17) is 4.74 Å². The summed E-state index contributed by atoms with van der Waals surface area (Å²) >= 11 is 0. The Hall–Kier alpha value is -1.35. The Morgan fingerprint density at radius 1 is 1.32 bits per heavy atom. The van der Waals surface area contributed by atoms with Crippen molar-refractivity contribution in [2.75, 3.05) is 26.2 Å². The van der Waals surface area contributed by atoms with Crippen LogP contribution in [0.3, 0.4) is 0 Å². The van der Waals surface area contributed by atoms with Crippen LogP contribution in [-0.2, 0) is 6.42 Å². The van der Waals surface area contributed by atoms with Gasteiger partial charge in [-0.25, -0.2) is 0 Å². The van der Waals surface area contributed by atoms with Gasteiger partial charge < -0.3 is 4.74 Å². The van der Waals surface area contributed by atoms with Gasteiger partial charge in [0.2, 0.25) is 0 Å². The summed E-state index contributed by atoms with van der Waals surface area (Å²) in [6, 6.07) is 5.84.